The second-order valence-corrected chi connectivity index (χ2v) is 6.81. The summed E-state index contributed by atoms with van der Waals surface area (Å²) in [6, 6.07) is 19.7. The van der Waals surface area contributed by atoms with Crippen LogP contribution in [0.1, 0.15) is 36.1 Å². The van der Waals surface area contributed by atoms with Crippen LogP contribution in [0.4, 0.5) is 0 Å². The molecule has 0 amide bonds. The number of benzene rings is 2. The third-order valence-corrected chi connectivity index (χ3v) is 5.13. The first-order valence-electron chi connectivity index (χ1n) is 8.52. The first-order chi connectivity index (χ1) is 11.2. The Balaban J connectivity index is 1.88. The van der Waals surface area contributed by atoms with E-state index in [9.17, 15) is 0 Å². The zero-order valence-electron chi connectivity index (χ0n) is 13.9. The fourth-order valence-electron chi connectivity index (χ4n) is 4.03. The van der Waals surface area contributed by atoms with Crippen LogP contribution in [0.2, 0.25) is 0 Å². The van der Waals surface area contributed by atoms with Crippen molar-refractivity contribution in [3.63, 3.8) is 0 Å². The molecule has 4 rings (SSSR count). The van der Waals surface area contributed by atoms with E-state index in [2.05, 4.69) is 85.3 Å². The van der Waals surface area contributed by atoms with Crippen LogP contribution in [0, 0.1) is 5.92 Å². The highest BCUT2D eigenvalue weighted by Crippen LogP contribution is 2.38. The molecule has 3 aromatic rings. The number of allylic oxidation sites excluding steroid dienone is 2. The van der Waals surface area contributed by atoms with Crippen molar-refractivity contribution >= 4 is 10.9 Å². The molecule has 0 fully saturated rings. The lowest BCUT2D eigenvalue weighted by molar-refractivity contribution is 0.620. The summed E-state index contributed by atoms with van der Waals surface area (Å²) in [6.45, 7) is 2.32. The average molecular weight is 301 g/mol. The molecule has 1 heterocycles. The number of aromatic nitrogens is 1. The van der Waals surface area contributed by atoms with E-state index in [0.29, 0.717) is 11.8 Å². The summed E-state index contributed by atoms with van der Waals surface area (Å²) in [4.78, 5) is 0. The van der Waals surface area contributed by atoms with Gasteiger partial charge in [-0.15, -0.1) is 0 Å². The van der Waals surface area contributed by atoms with Crippen LogP contribution >= 0.6 is 0 Å². The fourth-order valence-corrected chi connectivity index (χ4v) is 4.03. The van der Waals surface area contributed by atoms with Gasteiger partial charge in [-0.2, -0.15) is 0 Å². The molecule has 116 valence electrons. The molecule has 1 aliphatic rings. The smallest absolute Gasteiger partial charge is 0.0483 e. The van der Waals surface area contributed by atoms with E-state index in [0.717, 1.165) is 6.42 Å². The molecular formula is C22H23N. The molecule has 2 atom stereocenters. The molecule has 1 aliphatic carbocycles. The molecule has 1 nitrogen and oxygen atoms in total. The minimum absolute atomic E-state index is 0.543. The van der Waals surface area contributed by atoms with Gasteiger partial charge in [-0.3, -0.25) is 0 Å². The molecule has 0 saturated carbocycles. The summed E-state index contributed by atoms with van der Waals surface area (Å²) in [5, 5.41) is 1.40. The van der Waals surface area contributed by atoms with Gasteiger partial charge >= 0.3 is 0 Å². The molecular weight excluding hydrogens is 278 g/mol. The first-order valence-corrected chi connectivity index (χ1v) is 8.52. The Morgan fingerprint density at radius 1 is 0.957 bits per heavy atom. The first kappa shape index (κ1) is 14.3. The largest absolute Gasteiger partial charge is 0.347 e. The summed E-state index contributed by atoms with van der Waals surface area (Å²) in [5.41, 5.74) is 5.73. The van der Waals surface area contributed by atoms with Gasteiger partial charge in [0.05, 0.1) is 0 Å². The van der Waals surface area contributed by atoms with Crippen LogP contribution < -0.4 is 0 Å². The number of aryl methyl sites for hydroxylation is 1. The van der Waals surface area contributed by atoms with E-state index in [-0.39, 0.29) is 0 Å². The van der Waals surface area contributed by atoms with Crippen LogP contribution in [-0.2, 0) is 13.5 Å². The van der Waals surface area contributed by atoms with E-state index in [4.69, 9.17) is 0 Å². The molecule has 23 heavy (non-hydrogen) atoms. The van der Waals surface area contributed by atoms with Crippen molar-refractivity contribution in [2.75, 3.05) is 0 Å². The van der Waals surface area contributed by atoms with Gasteiger partial charge in [0, 0.05) is 29.6 Å². The molecule has 0 bridgehead atoms. The van der Waals surface area contributed by atoms with Crippen molar-refractivity contribution in [2.24, 2.45) is 13.0 Å². The standard InChI is InChI=1S/C22H23N/c1-16-12-13-18(14-16)22-20(15-17-8-4-3-5-9-17)19-10-6-7-11-21(19)23(22)2/h3-13,16,18H,14-15H2,1-2H3. The second-order valence-electron chi connectivity index (χ2n) is 6.81. The van der Waals surface area contributed by atoms with Crippen molar-refractivity contribution in [3.05, 3.63) is 83.6 Å². The summed E-state index contributed by atoms with van der Waals surface area (Å²) in [6.07, 6.45) is 7.02. The molecule has 0 aliphatic heterocycles. The Bertz CT molecular complexity index is 854. The summed E-state index contributed by atoms with van der Waals surface area (Å²) in [7, 11) is 2.23. The molecule has 0 spiro atoms. The molecule has 2 aromatic carbocycles. The average Bonchev–Trinajstić information content (AvgIpc) is 3.11. The van der Waals surface area contributed by atoms with Gasteiger partial charge in [0.15, 0.2) is 0 Å². The third kappa shape index (κ3) is 2.50. The Hall–Kier alpha value is -2.28. The summed E-state index contributed by atoms with van der Waals surface area (Å²) < 4.78 is 2.42. The maximum Gasteiger partial charge on any atom is 0.0483 e. The normalized spacial score (nSPS) is 20.4. The Morgan fingerprint density at radius 2 is 1.70 bits per heavy atom. The van der Waals surface area contributed by atoms with E-state index >= 15 is 0 Å². The molecule has 0 radical (unpaired) electrons. The minimum atomic E-state index is 0.543. The fraction of sp³-hybridized carbons (Fsp3) is 0.273. The van der Waals surface area contributed by atoms with E-state index in [1.807, 2.05) is 0 Å². The molecule has 1 aromatic heterocycles. The highest BCUT2D eigenvalue weighted by atomic mass is 15.0. The van der Waals surface area contributed by atoms with Gasteiger partial charge in [0.1, 0.15) is 0 Å². The highest BCUT2D eigenvalue weighted by Gasteiger charge is 2.25. The van der Waals surface area contributed by atoms with Crippen molar-refractivity contribution in [2.45, 2.75) is 25.7 Å². The second kappa shape index (κ2) is 5.73. The molecule has 1 heteroatoms. The van der Waals surface area contributed by atoms with Gasteiger partial charge in [-0.25, -0.2) is 0 Å². The Morgan fingerprint density at radius 3 is 2.43 bits per heavy atom. The summed E-state index contributed by atoms with van der Waals surface area (Å²) >= 11 is 0. The van der Waals surface area contributed by atoms with Crippen LogP contribution in [0.5, 0.6) is 0 Å². The van der Waals surface area contributed by atoms with Gasteiger partial charge in [0.25, 0.3) is 0 Å². The Labute approximate surface area is 138 Å². The van der Waals surface area contributed by atoms with Gasteiger partial charge in [-0.05, 0) is 36.0 Å². The molecule has 0 N–H and O–H groups in total. The Kier molecular flexibility index (Phi) is 3.57. The minimum Gasteiger partial charge on any atom is -0.347 e. The van der Waals surface area contributed by atoms with Crippen molar-refractivity contribution < 1.29 is 0 Å². The predicted molar refractivity (Wildman–Crippen MR) is 97.8 cm³/mol. The van der Waals surface area contributed by atoms with Gasteiger partial charge in [-0.1, -0.05) is 67.6 Å². The number of hydrogen-bond donors (Lipinski definition) is 0. The number of para-hydroxylation sites is 1. The van der Waals surface area contributed by atoms with Crippen LogP contribution in [0.25, 0.3) is 10.9 Å². The van der Waals surface area contributed by atoms with E-state index in [1.165, 1.54) is 34.1 Å². The zero-order chi connectivity index (χ0) is 15.8. The highest BCUT2D eigenvalue weighted by molar-refractivity contribution is 5.86. The van der Waals surface area contributed by atoms with Crippen LogP contribution in [0.3, 0.4) is 0 Å². The van der Waals surface area contributed by atoms with Crippen molar-refractivity contribution in [1.82, 2.24) is 4.57 Å². The predicted octanol–water partition coefficient (Wildman–Crippen LogP) is 5.45. The lowest BCUT2D eigenvalue weighted by Crippen LogP contribution is -2.05. The quantitative estimate of drug-likeness (QED) is 0.567. The molecule has 2 unspecified atom stereocenters. The van der Waals surface area contributed by atoms with E-state index in [1.54, 1.807) is 0 Å². The van der Waals surface area contributed by atoms with Gasteiger partial charge in [0.2, 0.25) is 0 Å². The van der Waals surface area contributed by atoms with Gasteiger partial charge < -0.3 is 4.57 Å². The number of hydrogen-bond acceptors (Lipinski definition) is 0. The van der Waals surface area contributed by atoms with Crippen molar-refractivity contribution in [1.29, 1.82) is 0 Å². The SMILES string of the molecule is CC1C=CC(c2c(Cc3ccccc3)c3ccccc3n2C)C1. The monoisotopic (exact) mass is 301 g/mol. The lowest BCUT2D eigenvalue weighted by atomic mass is 9.93. The lowest BCUT2D eigenvalue weighted by Gasteiger charge is -2.15. The van der Waals surface area contributed by atoms with Crippen LogP contribution in [-0.4, -0.2) is 4.57 Å². The van der Waals surface area contributed by atoms with Crippen molar-refractivity contribution in [3.8, 4) is 0 Å². The summed E-state index contributed by atoms with van der Waals surface area (Å²) in [5.74, 6) is 1.23. The number of rotatable bonds is 3. The maximum atomic E-state index is 2.42. The number of nitrogens with zero attached hydrogens (tertiary/aromatic N) is 1. The number of fused-ring (bicyclic) bond motifs is 1. The topological polar surface area (TPSA) is 4.93 Å². The third-order valence-electron chi connectivity index (χ3n) is 5.13. The zero-order valence-corrected chi connectivity index (χ0v) is 13.9. The maximum absolute atomic E-state index is 2.42. The van der Waals surface area contributed by atoms with E-state index < -0.39 is 0 Å². The molecule has 0 saturated heterocycles. The van der Waals surface area contributed by atoms with Crippen LogP contribution in [0.15, 0.2) is 66.7 Å².